The van der Waals surface area contributed by atoms with Crippen LogP contribution in [-0.4, -0.2) is 30.0 Å². The van der Waals surface area contributed by atoms with Crippen molar-refractivity contribution < 1.29 is 9.59 Å². The van der Waals surface area contributed by atoms with Crippen LogP contribution in [0.5, 0.6) is 0 Å². The number of nitrogens with one attached hydrogen (secondary N) is 1. The summed E-state index contributed by atoms with van der Waals surface area (Å²) in [6.07, 6.45) is 15.3. The highest BCUT2D eigenvalue weighted by Gasteiger charge is 2.32. The predicted octanol–water partition coefficient (Wildman–Crippen LogP) is 11.3. The van der Waals surface area contributed by atoms with Gasteiger partial charge in [0.2, 0.25) is 5.91 Å². The third-order valence-corrected chi connectivity index (χ3v) is 10.6. The number of nitrogens with zero attached hydrogens (tertiary/aromatic N) is 1. The Labute approximate surface area is 289 Å². The zero-order chi connectivity index (χ0) is 35.1. The highest BCUT2D eigenvalue weighted by molar-refractivity contribution is 5.84. The molecule has 2 heterocycles. The van der Waals surface area contributed by atoms with E-state index in [-0.39, 0.29) is 29.7 Å². The fourth-order valence-electron chi connectivity index (χ4n) is 7.14. The summed E-state index contributed by atoms with van der Waals surface area (Å²) in [5.41, 5.74) is 7.79. The van der Waals surface area contributed by atoms with Crippen molar-refractivity contribution in [3.63, 3.8) is 0 Å². The van der Waals surface area contributed by atoms with E-state index in [0.29, 0.717) is 49.8 Å². The minimum atomic E-state index is -0.279. The van der Waals surface area contributed by atoms with Gasteiger partial charge in [-0.05, 0) is 107 Å². The van der Waals surface area contributed by atoms with E-state index in [1.165, 1.54) is 12.0 Å². The van der Waals surface area contributed by atoms with Gasteiger partial charge >= 0.3 is 0 Å². The van der Waals surface area contributed by atoms with Gasteiger partial charge in [0.1, 0.15) is 5.78 Å². The highest BCUT2D eigenvalue weighted by atomic mass is 16.2. The lowest BCUT2D eigenvalue weighted by Crippen LogP contribution is -2.40. The first-order valence-corrected chi connectivity index (χ1v) is 18.6. The second-order valence-electron chi connectivity index (χ2n) is 15.2. The minimum absolute atomic E-state index is 0.0465. The summed E-state index contributed by atoms with van der Waals surface area (Å²) in [6.45, 7) is 35.9. The van der Waals surface area contributed by atoms with Gasteiger partial charge in [-0.25, -0.2) is 0 Å². The Hall–Kier alpha value is -2.75. The van der Waals surface area contributed by atoms with Crippen LogP contribution in [0.15, 0.2) is 77.4 Å². The van der Waals surface area contributed by atoms with Crippen molar-refractivity contribution in [3.8, 4) is 0 Å². The molecule has 1 fully saturated rings. The van der Waals surface area contributed by atoms with E-state index in [1.54, 1.807) is 0 Å². The van der Waals surface area contributed by atoms with Crippen LogP contribution in [0.25, 0.3) is 0 Å². The number of amides is 1. The molecule has 2 aliphatic heterocycles. The van der Waals surface area contributed by atoms with E-state index in [1.807, 2.05) is 6.92 Å². The molecule has 0 aromatic heterocycles. The lowest BCUT2D eigenvalue weighted by molar-refractivity contribution is -0.125. The summed E-state index contributed by atoms with van der Waals surface area (Å²) in [5.74, 6) is 1.16. The van der Waals surface area contributed by atoms with Gasteiger partial charge in [0, 0.05) is 25.1 Å². The molecule has 0 radical (unpaired) electrons. The topological polar surface area (TPSA) is 58.5 Å². The van der Waals surface area contributed by atoms with E-state index in [4.69, 9.17) is 4.99 Å². The minimum Gasteiger partial charge on any atom is -0.355 e. The van der Waals surface area contributed by atoms with E-state index >= 15 is 0 Å². The summed E-state index contributed by atoms with van der Waals surface area (Å²) < 4.78 is 0. The van der Waals surface area contributed by atoms with Crippen molar-refractivity contribution in [1.29, 1.82) is 0 Å². The fraction of sp³-hybridized carbons (Fsp3) is 0.651. The number of hydrogen-bond donors (Lipinski definition) is 1. The van der Waals surface area contributed by atoms with Gasteiger partial charge in [-0.1, -0.05) is 114 Å². The molecule has 4 heteroatoms. The van der Waals surface area contributed by atoms with Gasteiger partial charge in [-0.2, -0.15) is 0 Å². The third kappa shape index (κ3) is 14.1. The van der Waals surface area contributed by atoms with Crippen LogP contribution in [0.4, 0.5) is 0 Å². The van der Waals surface area contributed by atoms with Crippen LogP contribution >= 0.6 is 0 Å². The molecule has 6 atom stereocenters. The van der Waals surface area contributed by atoms with Gasteiger partial charge < -0.3 is 5.32 Å². The van der Waals surface area contributed by atoms with Crippen LogP contribution in [0.1, 0.15) is 138 Å². The van der Waals surface area contributed by atoms with Crippen molar-refractivity contribution >= 4 is 17.4 Å². The highest BCUT2D eigenvalue weighted by Crippen LogP contribution is 2.37. The Kier molecular flexibility index (Phi) is 17.7. The number of aliphatic imine (C=N–C) groups is 1. The van der Waals surface area contributed by atoms with Gasteiger partial charge in [-0.15, -0.1) is 0 Å². The Bertz CT molecular complexity index is 1200. The van der Waals surface area contributed by atoms with E-state index in [9.17, 15) is 9.59 Å². The molecule has 0 saturated carbocycles. The number of carbonyl (C=O) groups is 2. The van der Waals surface area contributed by atoms with Gasteiger partial charge in [0.15, 0.2) is 0 Å². The number of allylic oxidation sites excluding steroid dienone is 6. The molecular weight excluding hydrogens is 576 g/mol. The lowest BCUT2D eigenvalue weighted by atomic mass is 9.77. The Morgan fingerprint density at radius 1 is 1.06 bits per heavy atom. The zero-order valence-electron chi connectivity index (χ0n) is 31.2. The van der Waals surface area contributed by atoms with Crippen molar-refractivity contribution in [3.05, 3.63) is 72.4 Å². The van der Waals surface area contributed by atoms with Gasteiger partial charge in [0.25, 0.3) is 0 Å². The molecule has 1 amide bonds. The SMILES string of the molecule is C=C(C)C/C=C1\CC(=C)C(CCC(=O)CC(C)CCCC)CC(=C)C(CC)CC(=C)C(C)CNC(=O)C(C2CCCC(C)=N2)CC1=C. The first-order chi connectivity index (χ1) is 22.2. The number of rotatable bonds is 12. The van der Waals surface area contributed by atoms with Crippen molar-refractivity contribution in [2.75, 3.05) is 6.54 Å². The smallest absolute Gasteiger partial charge is 0.225 e. The van der Waals surface area contributed by atoms with Crippen molar-refractivity contribution in [2.45, 2.75) is 144 Å². The van der Waals surface area contributed by atoms with Crippen LogP contribution in [0.2, 0.25) is 0 Å². The fourth-order valence-corrected chi connectivity index (χ4v) is 7.14. The second-order valence-corrected chi connectivity index (χ2v) is 15.2. The Balaban J connectivity index is 2.47. The van der Waals surface area contributed by atoms with E-state index < -0.39 is 0 Å². The molecule has 262 valence electrons. The number of ketones is 1. The number of unbranched alkanes of at least 4 members (excludes halogenated alkanes) is 1. The summed E-state index contributed by atoms with van der Waals surface area (Å²) in [4.78, 5) is 32.1. The molecule has 1 saturated heterocycles. The standard InChI is InChI=1S/C43H68N2O2/c1-12-14-16-30(5)23-40(46)22-21-39-25-32(7)37(13-2)24-31(6)35(10)28-44-43(47)41(42-18-15-17-36(11)45-42)27-34(9)38(26-33(39)8)20-19-29(3)4/h20,30,35,37,39,41-42H,3,6-9,12-19,21-28H2,1-2,4-5,10-11H3,(H,44,47)/b38-20+. The molecule has 0 aromatic carbocycles. The first-order valence-electron chi connectivity index (χ1n) is 18.6. The molecule has 0 spiro atoms. The average molecular weight is 645 g/mol. The lowest BCUT2D eigenvalue weighted by Gasteiger charge is -2.31. The number of carbonyl (C=O) groups excluding carboxylic acids is 2. The molecule has 47 heavy (non-hydrogen) atoms. The monoisotopic (exact) mass is 645 g/mol. The number of Topliss-reactive ketones (excluding diaryl/α,β-unsaturated/α-hetero) is 1. The summed E-state index contributed by atoms with van der Waals surface area (Å²) in [5, 5.41) is 3.29. The van der Waals surface area contributed by atoms with Crippen LogP contribution < -0.4 is 5.32 Å². The quantitative estimate of drug-likeness (QED) is 0.215. The van der Waals surface area contributed by atoms with Crippen molar-refractivity contribution in [2.24, 2.45) is 34.6 Å². The Morgan fingerprint density at radius 2 is 1.77 bits per heavy atom. The molecule has 1 N–H and O–H groups in total. The molecule has 6 unspecified atom stereocenters. The number of hydrogen-bond acceptors (Lipinski definition) is 3. The largest absolute Gasteiger partial charge is 0.355 e. The molecular formula is C43H68N2O2. The van der Waals surface area contributed by atoms with E-state index in [0.717, 1.165) is 97.8 Å². The normalized spacial score (nSPS) is 27.4. The molecule has 4 nitrogen and oxygen atoms in total. The van der Waals surface area contributed by atoms with Gasteiger partial charge in [0.05, 0.1) is 12.0 Å². The maximum Gasteiger partial charge on any atom is 0.225 e. The van der Waals surface area contributed by atoms with Crippen LogP contribution in [-0.2, 0) is 9.59 Å². The van der Waals surface area contributed by atoms with Gasteiger partial charge in [-0.3, -0.25) is 14.6 Å². The maximum absolute atomic E-state index is 13.9. The zero-order valence-corrected chi connectivity index (χ0v) is 31.2. The molecule has 2 aliphatic rings. The van der Waals surface area contributed by atoms with Crippen molar-refractivity contribution in [1.82, 2.24) is 5.32 Å². The predicted molar refractivity (Wildman–Crippen MR) is 204 cm³/mol. The van der Waals surface area contributed by atoms with Crippen LogP contribution in [0.3, 0.4) is 0 Å². The Morgan fingerprint density at radius 3 is 2.40 bits per heavy atom. The van der Waals surface area contributed by atoms with E-state index in [2.05, 4.69) is 78.9 Å². The summed E-state index contributed by atoms with van der Waals surface area (Å²) in [7, 11) is 0. The maximum atomic E-state index is 13.9. The molecule has 0 aromatic rings. The summed E-state index contributed by atoms with van der Waals surface area (Å²) in [6, 6.07) is -0.0465. The molecule has 2 rings (SSSR count). The average Bonchev–Trinajstić information content (AvgIpc) is 3.02. The molecule has 0 bridgehead atoms. The molecule has 0 aliphatic carbocycles. The second kappa shape index (κ2) is 20.6. The van der Waals surface area contributed by atoms with Crippen LogP contribution in [0, 0.1) is 29.6 Å². The first kappa shape index (κ1) is 40.4. The third-order valence-electron chi connectivity index (χ3n) is 10.6. The summed E-state index contributed by atoms with van der Waals surface area (Å²) >= 11 is 0.